The number of aromatic carboxylic acids is 1. The van der Waals surface area contributed by atoms with Gasteiger partial charge in [0.1, 0.15) is 0 Å². The Hall–Kier alpha value is -1.68. The number of carbonyl (C=O) groups is 1. The number of hydrogen-bond donors (Lipinski definition) is 1. The summed E-state index contributed by atoms with van der Waals surface area (Å²) in [6.07, 6.45) is 4.62. The number of hydrogen-bond acceptors (Lipinski definition) is 2. The van der Waals surface area contributed by atoms with Crippen LogP contribution in [0.2, 0.25) is 0 Å². The van der Waals surface area contributed by atoms with Crippen molar-refractivity contribution in [2.45, 2.75) is 12.8 Å². The molecule has 0 atom stereocenters. The summed E-state index contributed by atoms with van der Waals surface area (Å²) in [7, 11) is 0. The second kappa shape index (κ2) is 5.78. The average molecular weight is 306 g/mol. The highest BCUT2D eigenvalue weighted by atomic mass is 79.9. The van der Waals surface area contributed by atoms with Crippen LogP contribution in [0.3, 0.4) is 0 Å². The lowest BCUT2D eigenvalue weighted by molar-refractivity contribution is 0.0695. The fourth-order valence-electron chi connectivity index (χ4n) is 1.77. The van der Waals surface area contributed by atoms with Crippen LogP contribution >= 0.6 is 15.9 Å². The number of benzene rings is 1. The van der Waals surface area contributed by atoms with E-state index in [0.29, 0.717) is 12.0 Å². The molecule has 0 aliphatic heterocycles. The second-order valence-corrected chi connectivity index (χ2v) is 4.88. The summed E-state index contributed by atoms with van der Waals surface area (Å²) in [6, 6.07) is 9.56. The first kappa shape index (κ1) is 12.8. The maximum Gasteiger partial charge on any atom is 0.336 e. The molecule has 0 saturated heterocycles. The van der Waals surface area contributed by atoms with Gasteiger partial charge in [-0.2, -0.15) is 0 Å². The minimum Gasteiger partial charge on any atom is -0.478 e. The lowest BCUT2D eigenvalue weighted by atomic mass is 10.0. The van der Waals surface area contributed by atoms with Gasteiger partial charge in [0.2, 0.25) is 0 Å². The van der Waals surface area contributed by atoms with Gasteiger partial charge in [0, 0.05) is 16.9 Å². The van der Waals surface area contributed by atoms with E-state index in [1.165, 1.54) is 11.8 Å². The third kappa shape index (κ3) is 3.17. The summed E-state index contributed by atoms with van der Waals surface area (Å²) in [5.41, 5.74) is 2.29. The summed E-state index contributed by atoms with van der Waals surface area (Å²) >= 11 is 3.38. The molecule has 1 heterocycles. The van der Waals surface area contributed by atoms with Crippen LogP contribution in [-0.2, 0) is 12.8 Å². The number of rotatable bonds is 4. The highest BCUT2D eigenvalue weighted by Crippen LogP contribution is 2.14. The van der Waals surface area contributed by atoms with E-state index in [1.54, 1.807) is 12.3 Å². The molecule has 0 bridgehead atoms. The summed E-state index contributed by atoms with van der Waals surface area (Å²) in [5.74, 6) is -0.900. The van der Waals surface area contributed by atoms with E-state index in [0.717, 1.165) is 16.5 Å². The van der Waals surface area contributed by atoms with Crippen LogP contribution < -0.4 is 0 Å². The minimum absolute atomic E-state index is 0.335. The van der Waals surface area contributed by atoms with E-state index >= 15 is 0 Å². The van der Waals surface area contributed by atoms with Crippen molar-refractivity contribution >= 4 is 21.9 Å². The Kier molecular flexibility index (Phi) is 4.10. The van der Waals surface area contributed by atoms with Crippen molar-refractivity contribution < 1.29 is 9.90 Å². The van der Waals surface area contributed by atoms with Gasteiger partial charge in [-0.3, -0.25) is 4.98 Å². The molecule has 18 heavy (non-hydrogen) atoms. The smallest absolute Gasteiger partial charge is 0.336 e. The molecule has 3 nitrogen and oxygen atoms in total. The molecule has 1 N–H and O–H groups in total. The molecule has 0 amide bonds. The molecule has 0 fully saturated rings. The number of carboxylic acid groups (broad SMARTS) is 1. The van der Waals surface area contributed by atoms with E-state index in [4.69, 9.17) is 5.11 Å². The summed E-state index contributed by atoms with van der Waals surface area (Å²) in [6.45, 7) is 0. The maximum absolute atomic E-state index is 11.0. The van der Waals surface area contributed by atoms with Gasteiger partial charge in [0.15, 0.2) is 0 Å². The molecule has 0 spiro atoms. The Morgan fingerprint density at radius 2 is 1.89 bits per heavy atom. The van der Waals surface area contributed by atoms with Gasteiger partial charge >= 0.3 is 5.97 Å². The second-order valence-electron chi connectivity index (χ2n) is 3.96. The van der Waals surface area contributed by atoms with E-state index in [2.05, 4.69) is 20.9 Å². The van der Waals surface area contributed by atoms with Crippen molar-refractivity contribution in [3.05, 3.63) is 63.9 Å². The van der Waals surface area contributed by atoms with Gasteiger partial charge in [0.05, 0.1) is 5.56 Å². The van der Waals surface area contributed by atoms with Crippen molar-refractivity contribution in [2.75, 3.05) is 0 Å². The zero-order valence-corrected chi connectivity index (χ0v) is 11.2. The predicted octanol–water partition coefficient (Wildman–Crippen LogP) is 3.33. The summed E-state index contributed by atoms with van der Waals surface area (Å²) < 4.78 is 1.04. The number of nitrogens with zero attached hydrogens (tertiary/aromatic N) is 1. The van der Waals surface area contributed by atoms with Crippen LogP contribution in [0.4, 0.5) is 0 Å². The van der Waals surface area contributed by atoms with Crippen LogP contribution in [0.15, 0.2) is 47.2 Å². The van der Waals surface area contributed by atoms with E-state index in [9.17, 15) is 4.79 Å². The lowest BCUT2D eigenvalue weighted by Gasteiger charge is -2.05. The number of aromatic nitrogens is 1. The van der Waals surface area contributed by atoms with Crippen LogP contribution in [0.5, 0.6) is 0 Å². The molecule has 4 heteroatoms. The van der Waals surface area contributed by atoms with Crippen molar-refractivity contribution in [1.29, 1.82) is 0 Å². The van der Waals surface area contributed by atoms with Gasteiger partial charge < -0.3 is 5.11 Å². The summed E-state index contributed by atoms with van der Waals surface area (Å²) in [5, 5.41) is 9.07. The van der Waals surface area contributed by atoms with Gasteiger partial charge in [-0.1, -0.05) is 28.1 Å². The zero-order valence-electron chi connectivity index (χ0n) is 9.64. The molecule has 0 aliphatic rings. The minimum atomic E-state index is -0.900. The van der Waals surface area contributed by atoms with Gasteiger partial charge in [-0.05, 0) is 42.2 Å². The Morgan fingerprint density at radius 1 is 1.17 bits per heavy atom. The Morgan fingerprint density at radius 3 is 2.56 bits per heavy atom. The standard InChI is InChI=1S/C14H12BrNO2/c15-12-5-2-10(3-6-12)1-4-11-9-16-8-7-13(11)14(17)18/h2-3,5-9H,1,4H2,(H,17,18). The topological polar surface area (TPSA) is 50.2 Å². The maximum atomic E-state index is 11.0. The zero-order chi connectivity index (χ0) is 13.0. The molecule has 1 aromatic carbocycles. The number of halogens is 1. The largest absolute Gasteiger partial charge is 0.478 e. The third-order valence-corrected chi connectivity index (χ3v) is 3.26. The molecule has 2 rings (SSSR count). The van der Waals surface area contributed by atoms with Crippen LogP contribution in [0.1, 0.15) is 21.5 Å². The van der Waals surface area contributed by atoms with E-state index in [-0.39, 0.29) is 0 Å². The van der Waals surface area contributed by atoms with Crippen LogP contribution in [-0.4, -0.2) is 16.1 Å². The Bertz CT molecular complexity index is 552. The lowest BCUT2D eigenvalue weighted by Crippen LogP contribution is -2.04. The van der Waals surface area contributed by atoms with E-state index < -0.39 is 5.97 Å². The van der Waals surface area contributed by atoms with Crippen molar-refractivity contribution in [2.24, 2.45) is 0 Å². The molecule has 0 radical (unpaired) electrons. The molecule has 0 aliphatic carbocycles. The monoisotopic (exact) mass is 305 g/mol. The normalized spacial score (nSPS) is 10.3. The Balaban J connectivity index is 2.10. The van der Waals surface area contributed by atoms with E-state index in [1.807, 2.05) is 24.3 Å². The SMILES string of the molecule is O=C(O)c1ccncc1CCc1ccc(Br)cc1. The number of carboxylic acids is 1. The predicted molar refractivity (Wildman–Crippen MR) is 72.7 cm³/mol. The van der Waals surface area contributed by atoms with Crippen LogP contribution in [0.25, 0.3) is 0 Å². The fraction of sp³-hybridized carbons (Fsp3) is 0.143. The molecule has 0 saturated carbocycles. The quantitative estimate of drug-likeness (QED) is 0.942. The Labute approximate surface area is 114 Å². The van der Waals surface area contributed by atoms with Crippen molar-refractivity contribution in [1.82, 2.24) is 4.98 Å². The third-order valence-electron chi connectivity index (χ3n) is 2.73. The number of pyridine rings is 1. The fourth-order valence-corrected chi connectivity index (χ4v) is 2.03. The molecule has 2 aromatic rings. The molecular weight excluding hydrogens is 294 g/mol. The number of aryl methyl sites for hydroxylation is 2. The van der Waals surface area contributed by atoms with Crippen molar-refractivity contribution in [3.63, 3.8) is 0 Å². The highest BCUT2D eigenvalue weighted by molar-refractivity contribution is 9.10. The first-order chi connectivity index (χ1) is 8.66. The van der Waals surface area contributed by atoms with Gasteiger partial charge in [0.25, 0.3) is 0 Å². The van der Waals surface area contributed by atoms with Gasteiger partial charge in [-0.25, -0.2) is 4.79 Å². The van der Waals surface area contributed by atoms with Crippen molar-refractivity contribution in [3.8, 4) is 0 Å². The molecule has 92 valence electrons. The average Bonchev–Trinajstić information content (AvgIpc) is 2.38. The molecular formula is C14H12BrNO2. The first-order valence-electron chi connectivity index (χ1n) is 5.57. The molecule has 0 unspecified atom stereocenters. The highest BCUT2D eigenvalue weighted by Gasteiger charge is 2.09. The first-order valence-corrected chi connectivity index (χ1v) is 6.37. The summed E-state index contributed by atoms with van der Waals surface area (Å²) in [4.78, 5) is 15.0. The molecule has 1 aromatic heterocycles. The van der Waals surface area contributed by atoms with Crippen LogP contribution in [0, 0.1) is 0 Å². The van der Waals surface area contributed by atoms with Gasteiger partial charge in [-0.15, -0.1) is 0 Å².